The zero-order chi connectivity index (χ0) is 17.9. The Hall–Kier alpha value is -2.52. The summed E-state index contributed by atoms with van der Waals surface area (Å²) in [4.78, 5) is 17.6. The molecule has 1 fully saturated rings. The summed E-state index contributed by atoms with van der Waals surface area (Å²) in [5.41, 5.74) is 1.58. The molecule has 4 atom stereocenters. The van der Waals surface area contributed by atoms with Gasteiger partial charge in [0.2, 0.25) is 11.7 Å². The number of halogens is 2. The van der Waals surface area contributed by atoms with Crippen LogP contribution in [0.25, 0.3) is 11.0 Å². The molecule has 0 radical (unpaired) electrons. The zero-order valence-electron chi connectivity index (χ0n) is 11.9. The molecule has 0 saturated carbocycles. The van der Waals surface area contributed by atoms with E-state index < -0.39 is 52.8 Å². The van der Waals surface area contributed by atoms with Gasteiger partial charge < -0.3 is 25.8 Å². The number of nitrogens with one attached hydrogen (secondary N) is 1. The molecule has 1 aliphatic rings. The number of aromatic amines is 1. The number of nitrogens with zero attached hydrogens (tertiary/aromatic N) is 2. The van der Waals surface area contributed by atoms with Crippen molar-refractivity contribution < 1.29 is 28.8 Å². The number of fused-ring (bicyclic) bond motifs is 1. The van der Waals surface area contributed by atoms with E-state index in [0.717, 1.165) is 0 Å². The third kappa shape index (κ3) is 1.88. The van der Waals surface area contributed by atoms with Crippen LogP contribution in [0.2, 0.25) is 0 Å². The largest absolute Gasteiger partial charge is 0.390 e. The first-order chi connectivity index (χ1) is 11.2. The van der Waals surface area contributed by atoms with Crippen LogP contribution in [0.5, 0.6) is 0 Å². The first-order valence-corrected chi connectivity index (χ1v) is 6.61. The van der Waals surface area contributed by atoms with E-state index in [1.165, 1.54) is 0 Å². The van der Waals surface area contributed by atoms with Crippen molar-refractivity contribution in [3.63, 3.8) is 0 Å². The standard InChI is InChI=1S/C13H12F2N4O5/c1-2-13(8(22)7(21)12(15,4-20)24-13)19-3-5(14)6-9(19)17-11(16)18-10(6)23/h1,3,7-8,20-22H,4H2,(H3,16,17,18,23)/t7-,8+,12+,13+/m0/s1. The molecule has 0 aromatic carbocycles. The number of aromatic nitrogens is 3. The first-order valence-electron chi connectivity index (χ1n) is 6.61. The van der Waals surface area contributed by atoms with E-state index in [1.807, 2.05) is 5.92 Å². The van der Waals surface area contributed by atoms with E-state index in [2.05, 4.69) is 9.97 Å². The highest BCUT2D eigenvalue weighted by Crippen LogP contribution is 2.43. The minimum Gasteiger partial charge on any atom is -0.390 e. The summed E-state index contributed by atoms with van der Waals surface area (Å²) >= 11 is 0. The number of ether oxygens (including phenoxy) is 1. The number of hydrogen-bond acceptors (Lipinski definition) is 7. The lowest BCUT2D eigenvalue weighted by Crippen LogP contribution is -2.45. The molecule has 0 aliphatic carbocycles. The normalized spacial score (nSPS) is 33.0. The Morgan fingerprint density at radius 2 is 2.21 bits per heavy atom. The molecular weight excluding hydrogens is 330 g/mol. The summed E-state index contributed by atoms with van der Waals surface area (Å²) in [6.45, 7) is -1.33. The fourth-order valence-electron chi connectivity index (χ4n) is 2.69. The number of nitrogen functional groups attached to an aromatic ring is 1. The Morgan fingerprint density at radius 3 is 2.75 bits per heavy atom. The second-order valence-electron chi connectivity index (χ2n) is 5.27. The Kier molecular flexibility index (Phi) is 3.40. The minimum atomic E-state index is -3.11. The lowest BCUT2D eigenvalue weighted by molar-refractivity contribution is -0.225. The predicted molar refractivity (Wildman–Crippen MR) is 75.6 cm³/mol. The molecule has 3 heterocycles. The molecule has 2 aromatic rings. The lowest BCUT2D eigenvalue weighted by Gasteiger charge is -2.28. The van der Waals surface area contributed by atoms with Crippen LogP contribution in [0.15, 0.2) is 11.0 Å². The van der Waals surface area contributed by atoms with Gasteiger partial charge in [-0.15, -0.1) is 6.42 Å². The summed E-state index contributed by atoms with van der Waals surface area (Å²) in [6.07, 6.45) is 1.64. The van der Waals surface area contributed by atoms with E-state index in [-0.39, 0.29) is 5.95 Å². The Balaban J connectivity index is 2.34. The van der Waals surface area contributed by atoms with Gasteiger partial charge in [-0.25, -0.2) is 8.78 Å². The number of H-pyrrole nitrogens is 1. The van der Waals surface area contributed by atoms with E-state index in [0.29, 0.717) is 10.8 Å². The molecular formula is C13H12F2N4O5. The number of nitrogens with two attached hydrogens (primary N) is 1. The quantitative estimate of drug-likeness (QED) is 0.402. The zero-order valence-corrected chi connectivity index (χ0v) is 11.9. The average molecular weight is 342 g/mol. The number of hydrogen-bond donors (Lipinski definition) is 5. The molecule has 24 heavy (non-hydrogen) atoms. The molecule has 9 nitrogen and oxygen atoms in total. The fourth-order valence-corrected chi connectivity index (χ4v) is 2.69. The van der Waals surface area contributed by atoms with Crippen molar-refractivity contribution in [2.24, 2.45) is 0 Å². The van der Waals surface area contributed by atoms with Crippen molar-refractivity contribution in [3.05, 3.63) is 22.4 Å². The molecule has 11 heteroatoms. The van der Waals surface area contributed by atoms with Crippen molar-refractivity contribution in [1.29, 1.82) is 0 Å². The molecule has 0 bridgehead atoms. The summed E-state index contributed by atoms with van der Waals surface area (Å²) in [5.74, 6) is -2.65. The molecule has 0 amide bonds. The summed E-state index contributed by atoms with van der Waals surface area (Å²) in [5, 5.41) is 28.5. The third-order valence-corrected chi connectivity index (χ3v) is 3.88. The maximum atomic E-state index is 14.4. The molecule has 128 valence electrons. The van der Waals surface area contributed by atoms with Gasteiger partial charge in [-0.1, -0.05) is 0 Å². The van der Waals surface area contributed by atoms with Crippen LogP contribution < -0.4 is 11.3 Å². The van der Waals surface area contributed by atoms with Gasteiger partial charge in [0.1, 0.15) is 24.2 Å². The van der Waals surface area contributed by atoms with Gasteiger partial charge in [-0.2, -0.15) is 4.98 Å². The third-order valence-electron chi connectivity index (χ3n) is 3.88. The number of aliphatic hydroxyl groups is 3. The van der Waals surface area contributed by atoms with Crippen molar-refractivity contribution >= 4 is 17.0 Å². The summed E-state index contributed by atoms with van der Waals surface area (Å²) < 4.78 is 34.1. The van der Waals surface area contributed by atoms with Crippen LogP contribution in [0.1, 0.15) is 0 Å². The monoisotopic (exact) mass is 342 g/mol. The first kappa shape index (κ1) is 16.3. The van der Waals surface area contributed by atoms with E-state index in [1.54, 1.807) is 0 Å². The second kappa shape index (κ2) is 4.99. The topological polar surface area (TPSA) is 147 Å². The predicted octanol–water partition coefficient (Wildman–Crippen LogP) is -1.86. The highest BCUT2D eigenvalue weighted by molar-refractivity contribution is 5.77. The molecule has 0 spiro atoms. The smallest absolute Gasteiger partial charge is 0.264 e. The summed E-state index contributed by atoms with van der Waals surface area (Å²) in [6, 6.07) is 0. The Bertz CT molecular complexity index is 921. The number of alkyl halides is 1. The van der Waals surface area contributed by atoms with Gasteiger partial charge >= 0.3 is 0 Å². The SMILES string of the molecule is C#C[C@@]1(n2cc(F)c3c(=O)[nH]c(N)nc32)O[C@](F)(CO)[C@@H](O)[C@H]1O. The van der Waals surface area contributed by atoms with E-state index >= 15 is 0 Å². The van der Waals surface area contributed by atoms with Crippen molar-refractivity contribution in [1.82, 2.24) is 14.5 Å². The van der Waals surface area contributed by atoms with Crippen LogP contribution in [0.4, 0.5) is 14.7 Å². The maximum Gasteiger partial charge on any atom is 0.264 e. The molecule has 1 saturated heterocycles. The molecule has 0 unspecified atom stereocenters. The maximum absolute atomic E-state index is 14.4. The highest BCUT2D eigenvalue weighted by atomic mass is 19.2. The van der Waals surface area contributed by atoms with Crippen LogP contribution in [0, 0.1) is 18.2 Å². The molecule has 1 aliphatic heterocycles. The van der Waals surface area contributed by atoms with Crippen LogP contribution in [-0.4, -0.2) is 54.5 Å². The second-order valence-corrected chi connectivity index (χ2v) is 5.27. The van der Waals surface area contributed by atoms with Crippen LogP contribution >= 0.6 is 0 Å². The van der Waals surface area contributed by atoms with Crippen molar-refractivity contribution in [2.45, 2.75) is 23.8 Å². The molecule has 2 aromatic heterocycles. The lowest BCUT2D eigenvalue weighted by atomic mass is 10.0. The number of terminal acetylenes is 1. The number of aliphatic hydroxyl groups excluding tert-OH is 3. The number of rotatable bonds is 2. The average Bonchev–Trinajstić information content (AvgIpc) is 2.96. The Labute approximate surface area is 132 Å². The van der Waals surface area contributed by atoms with Gasteiger partial charge in [-0.3, -0.25) is 14.3 Å². The van der Waals surface area contributed by atoms with Crippen LogP contribution in [0.3, 0.4) is 0 Å². The van der Waals surface area contributed by atoms with Crippen LogP contribution in [-0.2, 0) is 10.5 Å². The van der Waals surface area contributed by atoms with Crippen molar-refractivity contribution in [3.8, 4) is 12.3 Å². The Morgan fingerprint density at radius 1 is 1.54 bits per heavy atom. The number of anilines is 1. The highest BCUT2D eigenvalue weighted by Gasteiger charge is 2.64. The van der Waals surface area contributed by atoms with Gasteiger partial charge in [0.05, 0.1) is 0 Å². The molecule has 6 N–H and O–H groups in total. The van der Waals surface area contributed by atoms with E-state index in [9.17, 15) is 23.8 Å². The van der Waals surface area contributed by atoms with Gasteiger partial charge in [-0.05, 0) is 5.92 Å². The fraction of sp³-hybridized carbons (Fsp3) is 0.385. The van der Waals surface area contributed by atoms with Gasteiger partial charge in [0.25, 0.3) is 11.4 Å². The molecule has 3 rings (SSSR count). The summed E-state index contributed by atoms with van der Waals surface area (Å²) in [7, 11) is 0. The minimum absolute atomic E-state index is 0.388. The van der Waals surface area contributed by atoms with Gasteiger partial charge in [0.15, 0.2) is 11.5 Å². The van der Waals surface area contributed by atoms with E-state index in [4.69, 9.17) is 22.0 Å². The van der Waals surface area contributed by atoms with Gasteiger partial charge in [0, 0.05) is 6.20 Å². The van der Waals surface area contributed by atoms with Crippen molar-refractivity contribution in [2.75, 3.05) is 12.3 Å².